The van der Waals surface area contributed by atoms with Crippen molar-refractivity contribution >= 4 is 16.0 Å². The lowest BCUT2D eigenvalue weighted by Crippen LogP contribution is -2.52. The summed E-state index contributed by atoms with van der Waals surface area (Å²) in [6, 6.07) is -0.00752. The van der Waals surface area contributed by atoms with E-state index in [1.807, 2.05) is 0 Å². The number of ether oxygens (including phenoxy) is 1. The molecule has 0 aliphatic heterocycles. The maximum atomic E-state index is 12.3. The van der Waals surface area contributed by atoms with Gasteiger partial charge >= 0.3 is 5.97 Å². The minimum Gasteiger partial charge on any atom is -0.469 e. The third-order valence-corrected chi connectivity index (χ3v) is 7.01. The number of rotatable bonds is 6. The summed E-state index contributed by atoms with van der Waals surface area (Å²) in [5.74, 6) is 0.220. The summed E-state index contributed by atoms with van der Waals surface area (Å²) in [5.41, 5.74) is 0.0754. The molecule has 3 atom stereocenters. The van der Waals surface area contributed by atoms with E-state index in [1.54, 1.807) is 0 Å². The van der Waals surface area contributed by atoms with E-state index in [4.69, 9.17) is 0 Å². The first-order chi connectivity index (χ1) is 9.61. The van der Waals surface area contributed by atoms with Crippen LogP contribution in [0.1, 0.15) is 52.9 Å². The molecule has 21 heavy (non-hydrogen) atoms. The van der Waals surface area contributed by atoms with Crippen LogP contribution in [0.15, 0.2) is 0 Å². The Morgan fingerprint density at radius 3 is 2.52 bits per heavy atom. The smallest absolute Gasteiger partial charge is 0.305 e. The number of fused-ring (bicyclic) bond motifs is 2. The molecule has 0 radical (unpaired) electrons. The fraction of sp³-hybridized carbons (Fsp3) is 0.933. The van der Waals surface area contributed by atoms with Gasteiger partial charge in [0.05, 0.1) is 12.9 Å². The molecule has 0 aromatic rings. The first-order valence-electron chi connectivity index (χ1n) is 7.67. The lowest BCUT2D eigenvalue weighted by atomic mass is 9.69. The lowest BCUT2D eigenvalue weighted by molar-refractivity contribution is -0.140. The van der Waals surface area contributed by atoms with Gasteiger partial charge in [-0.25, -0.2) is 13.1 Å². The number of carbonyl (C=O) groups is 1. The van der Waals surface area contributed by atoms with Crippen LogP contribution in [0, 0.1) is 16.7 Å². The molecular weight excluding hydrogens is 290 g/mol. The van der Waals surface area contributed by atoms with Crippen LogP contribution >= 0.6 is 0 Å². The molecule has 0 aromatic carbocycles. The molecule has 2 rings (SSSR count). The Morgan fingerprint density at radius 1 is 1.33 bits per heavy atom. The van der Waals surface area contributed by atoms with Crippen molar-refractivity contribution in [3.8, 4) is 0 Å². The van der Waals surface area contributed by atoms with Gasteiger partial charge in [0, 0.05) is 12.5 Å². The normalized spacial score (nSPS) is 34.1. The van der Waals surface area contributed by atoms with Crippen molar-refractivity contribution in [2.24, 2.45) is 16.7 Å². The van der Waals surface area contributed by atoms with E-state index in [1.165, 1.54) is 13.5 Å². The van der Waals surface area contributed by atoms with E-state index in [0.717, 1.165) is 12.8 Å². The van der Waals surface area contributed by atoms with Crippen LogP contribution in [0.3, 0.4) is 0 Å². The monoisotopic (exact) mass is 317 g/mol. The molecule has 2 aliphatic carbocycles. The number of hydrogen-bond acceptors (Lipinski definition) is 4. The summed E-state index contributed by atoms with van der Waals surface area (Å²) in [5, 5.41) is 0. The quantitative estimate of drug-likeness (QED) is 0.761. The maximum Gasteiger partial charge on any atom is 0.305 e. The number of nitrogens with one attached hydrogen (secondary N) is 1. The van der Waals surface area contributed by atoms with Crippen molar-refractivity contribution in [2.45, 2.75) is 58.9 Å². The SMILES string of the molecule is COC(=O)CCCS(=O)(=O)NC1C2(C)CCC(C2)C1(C)C. The predicted octanol–water partition coefficient (Wildman–Crippen LogP) is 2.07. The topological polar surface area (TPSA) is 72.5 Å². The Morgan fingerprint density at radius 2 is 2.00 bits per heavy atom. The third-order valence-electron chi connectivity index (χ3n) is 5.59. The van der Waals surface area contributed by atoms with Gasteiger partial charge in [-0.3, -0.25) is 4.79 Å². The molecule has 2 aliphatic rings. The van der Waals surface area contributed by atoms with Crippen LogP contribution in [0.25, 0.3) is 0 Å². The molecule has 2 saturated carbocycles. The van der Waals surface area contributed by atoms with E-state index in [-0.39, 0.29) is 35.0 Å². The highest BCUT2D eigenvalue weighted by molar-refractivity contribution is 7.89. The van der Waals surface area contributed by atoms with Crippen LogP contribution < -0.4 is 4.72 Å². The molecule has 0 spiro atoms. The average molecular weight is 317 g/mol. The summed E-state index contributed by atoms with van der Waals surface area (Å²) in [6.45, 7) is 6.54. The van der Waals surface area contributed by atoms with Crippen molar-refractivity contribution in [3.63, 3.8) is 0 Å². The standard InChI is InChI=1S/C15H27NO4S/c1-14(2)11-7-8-15(3,10-11)13(14)16-21(18,19)9-5-6-12(17)20-4/h11,13,16H,5-10H2,1-4H3. The van der Waals surface area contributed by atoms with Crippen molar-refractivity contribution in [1.29, 1.82) is 0 Å². The van der Waals surface area contributed by atoms with Gasteiger partial charge in [0.2, 0.25) is 10.0 Å². The van der Waals surface area contributed by atoms with Gasteiger partial charge in [-0.15, -0.1) is 0 Å². The fourth-order valence-electron chi connectivity index (χ4n) is 4.34. The van der Waals surface area contributed by atoms with Crippen molar-refractivity contribution in [2.75, 3.05) is 12.9 Å². The van der Waals surface area contributed by atoms with Gasteiger partial charge in [0.15, 0.2) is 0 Å². The molecule has 0 saturated heterocycles. The summed E-state index contributed by atoms with van der Waals surface area (Å²) in [7, 11) is -2.05. The highest BCUT2D eigenvalue weighted by Gasteiger charge is 2.60. The molecule has 6 heteroatoms. The van der Waals surface area contributed by atoms with Gasteiger partial charge in [-0.1, -0.05) is 20.8 Å². The highest BCUT2D eigenvalue weighted by atomic mass is 32.2. The highest BCUT2D eigenvalue weighted by Crippen LogP contribution is 2.62. The van der Waals surface area contributed by atoms with Gasteiger partial charge in [-0.05, 0) is 42.4 Å². The third kappa shape index (κ3) is 3.26. The number of carbonyl (C=O) groups excluding carboxylic acids is 1. The summed E-state index contributed by atoms with van der Waals surface area (Å²) < 4.78 is 32.1. The summed E-state index contributed by atoms with van der Waals surface area (Å²) in [4.78, 5) is 11.1. The van der Waals surface area contributed by atoms with Gasteiger partial charge in [0.25, 0.3) is 0 Å². The van der Waals surface area contributed by atoms with E-state index in [9.17, 15) is 13.2 Å². The van der Waals surface area contributed by atoms with E-state index < -0.39 is 10.0 Å². The van der Waals surface area contributed by atoms with Crippen LogP contribution in [0.5, 0.6) is 0 Å². The van der Waals surface area contributed by atoms with Crippen molar-refractivity contribution < 1.29 is 17.9 Å². The van der Waals surface area contributed by atoms with Crippen LogP contribution in [-0.2, 0) is 19.6 Å². The Bertz CT molecular complexity index is 509. The van der Waals surface area contributed by atoms with E-state index in [2.05, 4.69) is 30.2 Å². The molecule has 0 aromatic heterocycles. The molecule has 5 nitrogen and oxygen atoms in total. The molecule has 2 fully saturated rings. The Kier molecular flexibility index (Phi) is 4.42. The average Bonchev–Trinajstić information content (AvgIpc) is 2.85. The number of methoxy groups -OCH3 is 1. The maximum absolute atomic E-state index is 12.3. The van der Waals surface area contributed by atoms with Gasteiger partial charge in [0.1, 0.15) is 0 Å². The van der Waals surface area contributed by atoms with Crippen LogP contribution in [0.2, 0.25) is 0 Å². The van der Waals surface area contributed by atoms with E-state index >= 15 is 0 Å². The minimum atomic E-state index is -3.36. The number of hydrogen-bond donors (Lipinski definition) is 1. The van der Waals surface area contributed by atoms with Gasteiger partial charge < -0.3 is 4.74 Å². The molecular formula is C15H27NO4S. The molecule has 122 valence electrons. The summed E-state index contributed by atoms with van der Waals surface area (Å²) >= 11 is 0. The second-order valence-electron chi connectivity index (χ2n) is 7.46. The predicted molar refractivity (Wildman–Crippen MR) is 81.2 cm³/mol. The fourth-order valence-corrected chi connectivity index (χ4v) is 5.93. The number of sulfonamides is 1. The second kappa shape index (κ2) is 5.54. The van der Waals surface area contributed by atoms with Crippen LogP contribution in [-0.4, -0.2) is 33.3 Å². The minimum absolute atomic E-state index is 0.00240. The second-order valence-corrected chi connectivity index (χ2v) is 9.34. The first kappa shape index (κ1) is 16.7. The first-order valence-corrected chi connectivity index (χ1v) is 9.33. The van der Waals surface area contributed by atoms with Crippen LogP contribution in [0.4, 0.5) is 0 Å². The summed E-state index contributed by atoms with van der Waals surface area (Å²) in [6.07, 6.45) is 3.84. The molecule has 1 N–H and O–H groups in total. The molecule has 3 unspecified atom stereocenters. The van der Waals surface area contributed by atoms with Crippen molar-refractivity contribution in [3.05, 3.63) is 0 Å². The Hall–Kier alpha value is -0.620. The van der Waals surface area contributed by atoms with Crippen molar-refractivity contribution in [1.82, 2.24) is 4.72 Å². The number of esters is 1. The molecule has 0 amide bonds. The van der Waals surface area contributed by atoms with E-state index in [0.29, 0.717) is 12.3 Å². The van der Waals surface area contributed by atoms with Gasteiger partial charge in [-0.2, -0.15) is 0 Å². The Labute approximate surface area is 127 Å². The lowest BCUT2D eigenvalue weighted by Gasteiger charge is -2.42. The zero-order chi connectivity index (χ0) is 15.9. The largest absolute Gasteiger partial charge is 0.469 e. The zero-order valence-corrected chi connectivity index (χ0v) is 14.3. The molecule has 0 heterocycles. The zero-order valence-electron chi connectivity index (χ0n) is 13.4. The molecule has 2 bridgehead atoms. The Balaban J connectivity index is 1.98.